The van der Waals surface area contributed by atoms with Crippen LogP contribution in [0.3, 0.4) is 0 Å². The number of para-hydroxylation sites is 1. The van der Waals surface area contributed by atoms with Gasteiger partial charge in [-0.1, -0.05) is 30.9 Å². The van der Waals surface area contributed by atoms with Crippen LogP contribution in [0.2, 0.25) is 0 Å². The van der Waals surface area contributed by atoms with Gasteiger partial charge in [-0.25, -0.2) is 0 Å². The van der Waals surface area contributed by atoms with Crippen LogP contribution in [0.15, 0.2) is 36.9 Å². The zero-order valence-corrected chi connectivity index (χ0v) is 10.5. The first-order valence-corrected chi connectivity index (χ1v) is 5.69. The largest absolute Gasteiger partial charge is 0.460 e. The van der Waals surface area contributed by atoms with Crippen molar-refractivity contribution in [3.05, 3.63) is 42.5 Å². The highest BCUT2D eigenvalue weighted by molar-refractivity contribution is 6.19. The van der Waals surface area contributed by atoms with Crippen LogP contribution in [0.5, 0.6) is 0 Å². The highest BCUT2D eigenvalue weighted by Gasteiger charge is 2.52. The van der Waals surface area contributed by atoms with Gasteiger partial charge in [0.05, 0.1) is 0 Å². The highest BCUT2D eigenvalue weighted by atomic mass is 16.5. The predicted molar refractivity (Wildman–Crippen MR) is 68.4 cm³/mol. The van der Waals surface area contributed by atoms with Gasteiger partial charge in [-0.05, 0) is 13.0 Å². The third-order valence-corrected chi connectivity index (χ3v) is 3.28. The maximum absolute atomic E-state index is 12.3. The minimum atomic E-state index is -1.26. The molecule has 0 N–H and O–H groups in total. The molecule has 2 rings (SSSR count). The lowest BCUT2D eigenvalue weighted by atomic mass is 9.84. The molecule has 0 saturated carbocycles. The van der Waals surface area contributed by atoms with Gasteiger partial charge in [0.2, 0.25) is 5.91 Å². The van der Waals surface area contributed by atoms with Crippen LogP contribution in [0.25, 0.3) is 0 Å². The van der Waals surface area contributed by atoms with Gasteiger partial charge < -0.3 is 9.64 Å². The number of carbonyl (C=O) groups excluding carboxylic acids is 2. The van der Waals surface area contributed by atoms with Gasteiger partial charge in [-0.2, -0.15) is 0 Å². The molecule has 1 aromatic rings. The molecule has 4 nitrogen and oxygen atoms in total. The quantitative estimate of drug-likeness (QED) is 0.462. The summed E-state index contributed by atoms with van der Waals surface area (Å²) >= 11 is 0. The Hall–Kier alpha value is -2.10. The lowest BCUT2D eigenvalue weighted by molar-refractivity contribution is -0.152. The predicted octanol–water partition coefficient (Wildman–Crippen LogP) is 1.65. The summed E-state index contributed by atoms with van der Waals surface area (Å²) < 4.78 is 5.05. The lowest BCUT2D eigenvalue weighted by Gasteiger charge is -2.20. The number of carbonyl (C=O) groups is 2. The second-order valence-corrected chi connectivity index (χ2v) is 4.39. The van der Waals surface area contributed by atoms with Gasteiger partial charge in [0.1, 0.15) is 6.61 Å². The van der Waals surface area contributed by atoms with Crippen LogP contribution < -0.4 is 4.90 Å². The number of nitrogens with zero attached hydrogens (tertiary/aromatic N) is 1. The molecular formula is C14H15NO3. The summed E-state index contributed by atoms with van der Waals surface area (Å²) in [6.07, 6.45) is 1.48. The smallest absolute Gasteiger partial charge is 0.326 e. The molecule has 0 radical (unpaired) electrons. The number of fused-ring (bicyclic) bond motifs is 1. The van der Waals surface area contributed by atoms with Crippen molar-refractivity contribution in [3.63, 3.8) is 0 Å². The molecule has 0 aromatic heterocycles. The zero-order chi connectivity index (χ0) is 13.3. The number of esters is 1. The van der Waals surface area contributed by atoms with Crippen molar-refractivity contribution in [2.75, 3.05) is 18.6 Å². The van der Waals surface area contributed by atoms with Gasteiger partial charge in [0.25, 0.3) is 0 Å². The average Bonchev–Trinajstić information content (AvgIpc) is 2.60. The van der Waals surface area contributed by atoms with E-state index >= 15 is 0 Å². The molecule has 1 amide bonds. The molecule has 4 heteroatoms. The minimum absolute atomic E-state index is 0.105. The molecule has 18 heavy (non-hydrogen) atoms. The minimum Gasteiger partial charge on any atom is -0.460 e. The molecule has 0 fully saturated rings. The Morgan fingerprint density at radius 1 is 1.50 bits per heavy atom. The van der Waals surface area contributed by atoms with Crippen LogP contribution in [-0.4, -0.2) is 25.5 Å². The molecule has 0 aliphatic carbocycles. The monoisotopic (exact) mass is 245 g/mol. The Kier molecular flexibility index (Phi) is 2.95. The van der Waals surface area contributed by atoms with E-state index in [2.05, 4.69) is 6.58 Å². The summed E-state index contributed by atoms with van der Waals surface area (Å²) in [4.78, 5) is 25.9. The first kappa shape index (κ1) is 12.4. The van der Waals surface area contributed by atoms with Gasteiger partial charge in [0, 0.05) is 18.3 Å². The molecule has 1 aromatic carbocycles. The SMILES string of the molecule is C=CCOC(=O)[C@]1(C)C(=O)N(C)c2ccccc21. The fourth-order valence-corrected chi connectivity index (χ4v) is 2.23. The molecule has 1 atom stereocenters. The molecule has 0 saturated heterocycles. The lowest BCUT2D eigenvalue weighted by Crippen LogP contribution is -2.43. The number of anilines is 1. The van der Waals surface area contributed by atoms with Crippen molar-refractivity contribution < 1.29 is 14.3 Å². The number of hydrogen-bond acceptors (Lipinski definition) is 3. The molecule has 0 spiro atoms. The maximum Gasteiger partial charge on any atom is 0.326 e. The maximum atomic E-state index is 12.3. The first-order chi connectivity index (χ1) is 8.53. The van der Waals surface area contributed by atoms with Crippen molar-refractivity contribution >= 4 is 17.6 Å². The van der Waals surface area contributed by atoms with Crippen molar-refractivity contribution in [3.8, 4) is 0 Å². The van der Waals surface area contributed by atoms with Crippen molar-refractivity contribution in [2.24, 2.45) is 0 Å². The molecule has 0 bridgehead atoms. The van der Waals surface area contributed by atoms with E-state index in [9.17, 15) is 9.59 Å². The number of hydrogen-bond donors (Lipinski definition) is 0. The zero-order valence-electron chi connectivity index (χ0n) is 10.5. The van der Waals surface area contributed by atoms with E-state index in [1.807, 2.05) is 18.2 Å². The Bertz CT molecular complexity index is 524. The molecule has 1 heterocycles. The summed E-state index contributed by atoms with van der Waals surface area (Å²) in [7, 11) is 1.66. The molecule has 94 valence electrons. The summed E-state index contributed by atoms with van der Waals surface area (Å²) in [5.74, 6) is -0.804. The van der Waals surface area contributed by atoms with Crippen LogP contribution in [0.1, 0.15) is 12.5 Å². The van der Waals surface area contributed by atoms with Gasteiger partial charge >= 0.3 is 5.97 Å². The van der Waals surface area contributed by atoms with E-state index in [1.165, 1.54) is 11.0 Å². The van der Waals surface area contributed by atoms with E-state index < -0.39 is 11.4 Å². The van der Waals surface area contributed by atoms with E-state index in [-0.39, 0.29) is 12.5 Å². The van der Waals surface area contributed by atoms with Crippen LogP contribution in [0.4, 0.5) is 5.69 Å². The van der Waals surface area contributed by atoms with Gasteiger partial charge in [-0.15, -0.1) is 0 Å². The molecular weight excluding hydrogens is 230 g/mol. The normalized spacial score (nSPS) is 21.7. The summed E-state index contributed by atoms with van der Waals surface area (Å²) in [6.45, 7) is 5.19. The topological polar surface area (TPSA) is 46.6 Å². The fraction of sp³-hybridized carbons (Fsp3) is 0.286. The highest BCUT2D eigenvalue weighted by Crippen LogP contribution is 2.41. The van der Waals surface area contributed by atoms with Crippen LogP contribution in [0, 0.1) is 0 Å². The molecule has 1 aliphatic rings. The number of amides is 1. The van der Waals surface area contributed by atoms with Crippen molar-refractivity contribution in [1.29, 1.82) is 0 Å². The van der Waals surface area contributed by atoms with Crippen LogP contribution in [-0.2, 0) is 19.7 Å². The van der Waals surface area contributed by atoms with E-state index in [1.54, 1.807) is 20.0 Å². The average molecular weight is 245 g/mol. The Balaban J connectivity index is 2.47. The summed E-state index contributed by atoms with van der Waals surface area (Å²) in [5, 5.41) is 0. The summed E-state index contributed by atoms with van der Waals surface area (Å²) in [6, 6.07) is 7.25. The van der Waals surface area contributed by atoms with Crippen molar-refractivity contribution in [1.82, 2.24) is 0 Å². The van der Waals surface area contributed by atoms with E-state index in [0.29, 0.717) is 5.56 Å². The van der Waals surface area contributed by atoms with E-state index in [4.69, 9.17) is 4.74 Å². The molecule has 1 aliphatic heterocycles. The number of benzene rings is 1. The fourth-order valence-electron chi connectivity index (χ4n) is 2.23. The Morgan fingerprint density at radius 3 is 2.83 bits per heavy atom. The Labute approximate surface area is 106 Å². The first-order valence-electron chi connectivity index (χ1n) is 5.69. The second kappa shape index (κ2) is 4.29. The number of ether oxygens (including phenoxy) is 1. The number of rotatable bonds is 3. The van der Waals surface area contributed by atoms with Crippen molar-refractivity contribution in [2.45, 2.75) is 12.3 Å². The van der Waals surface area contributed by atoms with Crippen LogP contribution >= 0.6 is 0 Å². The van der Waals surface area contributed by atoms with Gasteiger partial charge in [-0.3, -0.25) is 9.59 Å². The Morgan fingerprint density at radius 2 is 2.17 bits per heavy atom. The van der Waals surface area contributed by atoms with E-state index in [0.717, 1.165) is 5.69 Å². The second-order valence-electron chi connectivity index (χ2n) is 4.39. The number of likely N-dealkylation sites (N-methyl/N-ethyl adjacent to an activating group) is 1. The summed E-state index contributed by atoms with van der Waals surface area (Å²) in [5.41, 5.74) is 0.182. The standard InChI is InChI=1S/C14H15NO3/c1-4-9-18-13(17)14(2)10-7-5-6-8-11(10)15(3)12(14)16/h4-8H,1,9H2,2-3H3/t14-/m0/s1. The third-order valence-electron chi connectivity index (χ3n) is 3.28. The van der Waals surface area contributed by atoms with Gasteiger partial charge in [0.15, 0.2) is 5.41 Å². The third kappa shape index (κ3) is 1.53. The molecule has 0 unspecified atom stereocenters.